The average Bonchev–Trinajstić information content (AvgIpc) is 1.54. The van der Waals surface area contributed by atoms with Gasteiger partial charge >= 0.3 is 48.1 Å². The number of hydrogen-bond donors (Lipinski definition) is 5. The summed E-state index contributed by atoms with van der Waals surface area (Å²) in [6.45, 7) is 37.2. The van der Waals surface area contributed by atoms with Gasteiger partial charge in [0.25, 0.3) is 28.2 Å². The van der Waals surface area contributed by atoms with Crippen LogP contribution >= 0.6 is 0 Å². The standard InChI is InChI=1S/C22H46Si2.C21H18N4O9.2C16H24N2O3Si.C3H5.Mo/c1-7-9-11-13-15-17-19-23(3,4)21-22-24(5,6)20-18-16-14-12-10-8-2;26-19-4-1-16(23(29)30)7-13(19)10-22(11-14-8-17(24(31)32)2-5-20(14)27)12-15-9-18(25(33)34)3-6-21(15)28;2*1-6-13-11(2)9-14(21-13)18-10-12(7-8-22(3,4)5)15(19)17-16(18)20;1-3-2;/h7-20H2,1-6H3;1-9,26-28H,10-12H2;2*10-11,13-14H,6,9H2,1-5H3,(H,17,19,20);3H2,1H3;/q;;;;;+1/i;;7+1,8+1;7+1;;. The minimum Gasteiger partial charge on any atom is -0.508 e. The monoisotopic (exact) mass is 1620 g/mol. The molecule has 3 aromatic carbocycles. The smallest absolute Gasteiger partial charge is 0.270 e. The third-order valence-electron chi connectivity index (χ3n) is 17.8. The van der Waals surface area contributed by atoms with Crippen molar-refractivity contribution in [1.82, 2.24) is 24.0 Å². The summed E-state index contributed by atoms with van der Waals surface area (Å²) in [5.74, 6) is 5.87. The summed E-state index contributed by atoms with van der Waals surface area (Å²) in [6.07, 6.45) is 24.1. The molecule has 2 saturated heterocycles. The minimum atomic E-state index is -1.59. The van der Waals surface area contributed by atoms with E-state index in [9.17, 15) is 64.8 Å². The number of nitro benzene ring substituents is 3. The summed E-state index contributed by atoms with van der Waals surface area (Å²) in [5.41, 5.74) is 12.4. The molecule has 2 aliphatic rings. The van der Waals surface area contributed by atoms with Gasteiger partial charge < -0.3 is 24.8 Å². The first-order chi connectivity index (χ1) is 49.7. The maximum absolute atomic E-state index is 12.1. The molecular formula is C78H117MoN8O15Si4+. The molecule has 6 unspecified atom stereocenters. The van der Waals surface area contributed by atoms with Crippen LogP contribution in [0.25, 0.3) is 0 Å². The van der Waals surface area contributed by atoms with E-state index in [2.05, 4.69) is 162 Å². The van der Waals surface area contributed by atoms with Gasteiger partial charge in [-0.15, -0.1) is 22.2 Å². The predicted molar refractivity (Wildman–Crippen MR) is 430 cm³/mol. The molecule has 23 nitrogen and oxygen atoms in total. The van der Waals surface area contributed by atoms with Crippen LogP contribution in [0.5, 0.6) is 17.2 Å². The summed E-state index contributed by atoms with van der Waals surface area (Å²) in [7, 11) is -5.72. The number of nitrogens with zero attached hydrogens (tertiary/aromatic N) is 6. The van der Waals surface area contributed by atoms with E-state index >= 15 is 0 Å². The van der Waals surface area contributed by atoms with Gasteiger partial charge in [-0.3, -0.25) is 63.9 Å². The fraction of sp³-hybridized carbons (Fsp3) is 0.577. The van der Waals surface area contributed by atoms with Crippen molar-refractivity contribution < 1.29 is 58.7 Å². The molecule has 28 heteroatoms. The number of aromatic nitrogens is 4. The van der Waals surface area contributed by atoms with Crippen LogP contribution in [0.2, 0.25) is 77.6 Å². The van der Waals surface area contributed by atoms with Crippen LogP contribution in [-0.2, 0) is 48.3 Å². The molecule has 4 heterocycles. The van der Waals surface area contributed by atoms with Crippen molar-refractivity contribution in [3.05, 3.63) is 167 Å². The Morgan fingerprint density at radius 3 is 1.08 bits per heavy atom. The molecule has 2 aromatic heterocycles. The zero-order valence-electron chi connectivity index (χ0n) is 65.7. The number of ether oxygens (including phenoxy) is 2. The summed E-state index contributed by atoms with van der Waals surface area (Å²) in [6, 6.07) is 13.0. The van der Waals surface area contributed by atoms with Gasteiger partial charge in [-0.25, -0.2) is 9.59 Å². The van der Waals surface area contributed by atoms with Gasteiger partial charge in [0.2, 0.25) is 0 Å². The van der Waals surface area contributed by atoms with Crippen LogP contribution in [0.3, 0.4) is 0 Å². The molecule has 580 valence electrons. The maximum Gasteiger partial charge on any atom is 0.270 e. The first-order valence-electron chi connectivity index (χ1n) is 37.3. The van der Waals surface area contributed by atoms with Crippen molar-refractivity contribution in [2.75, 3.05) is 0 Å². The third-order valence-corrected chi connectivity index (χ3v) is 25.3. The van der Waals surface area contributed by atoms with Gasteiger partial charge in [0.1, 0.15) is 73.1 Å². The van der Waals surface area contributed by atoms with Gasteiger partial charge in [0.05, 0.1) is 27.0 Å². The molecule has 6 atom stereocenters. The summed E-state index contributed by atoms with van der Waals surface area (Å²) in [5, 5.41) is 64.1. The van der Waals surface area contributed by atoms with Gasteiger partial charge in [-0.2, -0.15) is 0 Å². The van der Waals surface area contributed by atoms with E-state index in [1.165, 1.54) is 103 Å². The Morgan fingerprint density at radius 2 is 0.811 bits per heavy atom. The number of phenols is 3. The molecule has 0 bridgehead atoms. The van der Waals surface area contributed by atoms with Crippen molar-refractivity contribution >= 4 is 49.4 Å². The van der Waals surface area contributed by atoms with Gasteiger partial charge in [0.15, 0.2) is 0 Å². The van der Waals surface area contributed by atoms with Crippen LogP contribution in [-0.4, -0.2) is 98.6 Å². The van der Waals surface area contributed by atoms with Crippen LogP contribution in [0.1, 0.15) is 198 Å². The summed E-state index contributed by atoms with van der Waals surface area (Å²) >= 11 is 1.87. The van der Waals surface area contributed by atoms with E-state index in [4.69, 9.17) is 9.47 Å². The second-order valence-electron chi connectivity index (χ2n) is 30.8. The molecule has 7 rings (SSSR count). The largest absolute Gasteiger partial charge is 0.508 e. The first-order valence-corrected chi connectivity index (χ1v) is 51.7. The van der Waals surface area contributed by atoms with Crippen molar-refractivity contribution in [3.8, 4) is 55.5 Å². The maximum atomic E-state index is 12.1. The number of aromatic amines is 2. The Morgan fingerprint density at radius 1 is 0.509 bits per heavy atom. The molecule has 5 aromatic rings. The van der Waals surface area contributed by atoms with Crippen molar-refractivity contribution in [1.29, 1.82) is 0 Å². The Balaban J connectivity index is 0.000000367. The zero-order valence-corrected chi connectivity index (χ0v) is 71.7. The number of non-ortho nitro benzene ring substituents is 3. The Kier molecular flexibility index (Phi) is 39.7. The number of benzene rings is 3. The number of nitro groups is 3. The quantitative estimate of drug-likeness (QED) is 0.00814. The van der Waals surface area contributed by atoms with Crippen LogP contribution < -0.4 is 22.5 Å². The number of H-pyrrole nitrogens is 2. The Bertz CT molecular complexity index is 3880. The fourth-order valence-corrected chi connectivity index (χ4v) is 17.9. The first kappa shape index (κ1) is 92.7. The van der Waals surface area contributed by atoms with E-state index in [0.717, 1.165) is 86.7 Å². The van der Waals surface area contributed by atoms with Gasteiger partial charge in [-0.1, -0.05) is 196 Å². The van der Waals surface area contributed by atoms with E-state index in [0.29, 0.717) is 23.0 Å². The molecule has 0 radical (unpaired) electrons. The van der Waals surface area contributed by atoms with Gasteiger partial charge in [-0.05, 0) is 67.8 Å². The van der Waals surface area contributed by atoms with Crippen LogP contribution in [0.15, 0.2) is 86.2 Å². The zero-order chi connectivity index (χ0) is 79.7. The number of rotatable bonds is 27. The van der Waals surface area contributed by atoms with E-state index in [-0.39, 0.29) is 95.3 Å². The molecular weight excluding hydrogens is 1500 g/mol. The second kappa shape index (κ2) is 45.4. The van der Waals surface area contributed by atoms with Crippen LogP contribution in [0.4, 0.5) is 17.1 Å². The van der Waals surface area contributed by atoms with E-state index in [1.807, 2.05) is 19.2 Å². The molecule has 5 N–H and O–H groups in total. The Hall–Kier alpha value is -7.48. The van der Waals surface area contributed by atoms with E-state index in [1.54, 1.807) is 12.4 Å². The average molecular weight is 1620 g/mol. The number of aromatic hydroxyl groups is 3. The molecule has 2 fully saturated rings. The second-order valence-corrected chi connectivity index (χ2v) is 50.1. The molecule has 0 amide bonds. The SMILES string of the molecule is CCC1OC(n2cc([13C]#C[Si](C)(C)C)c(=O)[nH]c2=O)CC1C.CCC1OC(n2cc([13C]#[13C][Si](C)(C)C)c(=O)[nH]c2=O)CC1C.CCCCCCCC[Si](C)(C)C#C[Si](C)(C)CCCCCCCC.CC[C]#[Mo+].O=[N+]([O-])c1ccc(O)c(CN(Cc2cc([N+](=O)[O-])ccc2O)Cc2cc([N+](=O)[O-])ccc2O)c1. The number of unbranched alkanes of at least 4 members (excludes halogenated alkanes) is 10. The van der Waals surface area contributed by atoms with Crippen molar-refractivity contribution in [2.45, 2.75) is 279 Å². The third kappa shape index (κ3) is 33.8. The molecule has 2 aliphatic heterocycles. The van der Waals surface area contributed by atoms with Gasteiger partial charge in [0, 0.05) is 85.1 Å². The topological polar surface area (TPSA) is 322 Å². The predicted octanol–water partition coefficient (Wildman–Crippen LogP) is 17.0. The number of hydrogen-bond acceptors (Lipinski definition) is 16. The fourth-order valence-electron chi connectivity index (χ4n) is 11.6. The molecule has 106 heavy (non-hydrogen) atoms. The van der Waals surface area contributed by atoms with Crippen molar-refractivity contribution in [2.24, 2.45) is 11.8 Å². The Labute approximate surface area is 641 Å². The number of nitrogens with one attached hydrogen (secondary N) is 2. The summed E-state index contributed by atoms with van der Waals surface area (Å²) in [4.78, 5) is 85.6. The molecule has 0 spiro atoms. The minimum absolute atomic E-state index is 0.129. The molecule has 0 aliphatic carbocycles. The normalized spacial score (nSPS) is 16.7. The number of phenolic OH excluding ortho intramolecular Hbond substituents is 3. The van der Waals surface area contributed by atoms with Crippen molar-refractivity contribution in [3.63, 3.8) is 0 Å². The van der Waals surface area contributed by atoms with E-state index < -0.39 is 69.6 Å². The summed E-state index contributed by atoms with van der Waals surface area (Å²) < 4.78 is 17.8. The molecule has 0 saturated carbocycles. The van der Waals surface area contributed by atoms with Crippen LogP contribution in [0, 0.1) is 80.4 Å².